The number of hydrogen-bond acceptors (Lipinski definition) is 4. The molecule has 1 unspecified atom stereocenters. The van der Waals surface area contributed by atoms with Crippen molar-refractivity contribution in [3.63, 3.8) is 0 Å². The normalized spacial score (nSPS) is 17.7. The van der Waals surface area contributed by atoms with Crippen molar-refractivity contribution >= 4 is 17.3 Å². The van der Waals surface area contributed by atoms with E-state index in [4.69, 9.17) is 0 Å². The second kappa shape index (κ2) is 9.23. The van der Waals surface area contributed by atoms with Gasteiger partial charge in [-0.1, -0.05) is 13.8 Å². The Balaban J connectivity index is 1.74. The Morgan fingerprint density at radius 3 is 2.65 bits per heavy atom. The van der Waals surface area contributed by atoms with Gasteiger partial charge in [-0.3, -0.25) is 9.89 Å². The van der Waals surface area contributed by atoms with Crippen molar-refractivity contribution in [1.82, 2.24) is 20.5 Å². The van der Waals surface area contributed by atoms with Crippen LogP contribution in [0.3, 0.4) is 0 Å². The number of aromatic nitrogens is 1. The van der Waals surface area contributed by atoms with E-state index in [1.807, 2.05) is 13.2 Å². The van der Waals surface area contributed by atoms with E-state index in [2.05, 4.69) is 46.3 Å². The second-order valence-electron chi connectivity index (χ2n) is 6.55. The van der Waals surface area contributed by atoms with E-state index >= 15 is 0 Å². The van der Waals surface area contributed by atoms with Crippen molar-refractivity contribution in [2.24, 2.45) is 10.9 Å². The summed E-state index contributed by atoms with van der Waals surface area (Å²) in [5, 5.41) is 8.08. The van der Waals surface area contributed by atoms with Crippen LogP contribution in [0, 0.1) is 12.8 Å². The molecular weight excluding hydrogens is 306 g/mol. The molecule has 5 nitrogen and oxygen atoms in total. The first-order chi connectivity index (χ1) is 11.1. The lowest BCUT2D eigenvalue weighted by Crippen LogP contribution is -2.48. The number of likely N-dealkylation sites (tertiary alicyclic amines) is 1. The Kier molecular flexibility index (Phi) is 7.30. The zero-order chi connectivity index (χ0) is 16.7. The van der Waals surface area contributed by atoms with Crippen LogP contribution in [0.25, 0.3) is 0 Å². The molecule has 23 heavy (non-hydrogen) atoms. The SMILES string of the molecule is CN=C(NCCc1ncc(C)s1)NCC(C(C)C)N1CCCC1. The summed E-state index contributed by atoms with van der Waals surface area (Å²) in [5.74, 6) is 1.54. The van der Waals surface area contributed by atoms with Crippen LogP contribution in [0.15, 0.2) is 11.2 Å². The van der Waals surface area contributed by atoms with Gasteiger partial charge < -0.3 is 10.6 Å². The van der Waals surface area contributed by atoms with E-state index in [1.165, 1.54) is 35.8 Å². The van der Waals surface area contributed by atoms with Gasteiger partial charge >= 0.3 is 0 Å². The molecule has 130 valence electrons. The van der Waals surface area contributed by atoms with Crippen molar-refractivity contribution in [2.45, 2.75) is 46.1 Å². The Labute approximate surface area is 144 Å². The van der Waals surface area contributed by atoms with Gasteiger partial charge in [-0.25, -0.2) is 4.98 Å². The topological polar surface area (TPSA) is 52.6 Å². The molecule has 0 spiro atoms. The molecule has 1 aromatic rings. The number of hydrogen-bond donors (Lipinski definition) is 2. The molecule has 0 saturated carbocycles. The van der Waals surface area contributed by atoms with E-state index < -0.39 is 0 Å². The number of guanidine groups is 1. The maximum absolute atomic E-state index is 4.40. The monoisotopic (exact) mass is 337 g/mol. The van der Waals surface area contributed by atoms with Crippen molar-refractivity contribution in [2.75, 3.05) is 33.2 Å². The van der Waals surface area contributed by atoms with Gasteiger partial charge in [0.05, 0.1) is 5.01 Å². The number of nitrogens with zero attached hydrogens (tertiary/aromatic N) is 3. The van der Waals surface area contributed by atoms with Crippen LogP contribution in [0.4, 0.5) is 0 Å². The molecule has 2 heterocycles. The minimum absolute atomic E-state index is 0.581. The molecule has 0 bridgehead atoms. The molecule has 1 aliphatic rings. The molecule has 1 saturated heterocycles. The lowest BCUT2D eigenvalue weighted by molar-refractivity contribution is 0.192. The molecular formula is C17H31N5S. The highest BCUT2D eigenvalue weighted by Crippen LogP contribution is 2.17. The summed E-state index contributed by atoms with van der Waals surface area (Å²) >= 11 is 1.77. The average Bonchev–Trinajstić information content (AvgIpc) is 3.17. The van der Waals surface area contributed by atoms with Crippen molar-refractivity contribution in [3.05, 3.63) is 16.1 Å². The fourth-order valence-corrected chi connectivity index (χ4v) is 3.87. The number of rotatable bonds is 7. The molecule has 1 atom stereocenters. The second-order valence-corrected chi connectivity index (χ2v) is 7.87. The number of nitrogens with one attached hydrogen (secondary N) is 2. The summed E-state index contributed by atoms with van der Waals surface area (Å²) in [6.07, 6.45) is 5.56. The van der Waals surface area contributed by atoms with Crippen LogP contribution in [0.5, 0.6) is 0 Å². The van der Waals surface area contributed by atoms with Gasteiger partial charge in [0.1, 0.15) is 0 Å². The predicted molar refractivity (Wildman–Crippen MR) is 99.4 cm³/mol. The van der Waals surface area contributed by atoms with E-state index in [0.717, 1.165) is 25.5 Å². The van der Waals surface area contributed by atoms with E-state index in [-0.39, 0.29) is 0 Å². The molecule has 1 fully saturated rings. The van der Waals surface area contributed by atoms with Gasteiger partial charge in [-0.05, 0) is 38.8 Å². The molecule has 0 aromatic carbocycles. The zero-order valence-electron chi connectivity index (χ0n) is 14.9. The molecule has 0 radical (unpaired) electrons. The molecule has 1 aromatic heterocycles. The Hall–Kier alpha value is -1.14. The van der Waals surface area contributed by atoms with Crippen LogP contribution >= 0.6 is 11.3 Å². The number of thiazole rings is 1. The lowest BCUT2D eigenvalue weighted by atomic mass is 10.0. The molecule has 1 aliphatic heterocycles. The Morgan fingerprint density at radius 1 is 1.35 bits per heavy atom. The van der Waals surface area contributed by atoms with Crippen molar-refractivity contribution in [1.29, 1.82) is 0 Å². The highest BCUT2D eigenvalue weighted by Gasteiger charge is 2.24. The van der Waals surface area contributed by atoms with Gasteiger partial charge in [0.15, 0.2) is 5.96 Å². The van der Waals surface area contributed by atoms with Crippen molar-refractivity contribution in [3.8, 4) is 0 Å². The standard InChI is InChI=1S/C17H31N5S/c1-13(2)15(22-9-5-6-10-22)12-21-17(18-4)19-8-7-16-20-11-14(3)23-16/h11,13,15H,5-10,12H2,1-4H3,(H2,18,19,21). The minimum atomic E-state index is 0.581. The van der Waals surface area contributed by atoms with Crippen LogP contribution in [-0.4, -0.2) is 55.1 Å². The van der Waals surface area contributed by atoms with Crippen LogP contribution in [0.1, 0.15) is 36.6 Å². The van der Waals surface area contributed by atoms with Gasteiger partial charge in [0, 0.05) is 43.7 Å². The number of aryl methyl sites for hydroxylation is 1. The molecule has 0 aliphatic carbocycles. The fraction of sp³-hybridized carbons (Fsp3) is 0.765. The first-order valence-electron chi connectivity index (χ1n) is 8.70. The fourth-order valence-electron chi connectivity index (χ4n) is 3.09. The summed E-state index contributed by atoms with van der Waals surface area (Å²) in [7, 11) is 1.84. The molecule has 2 N–H and O–H groups in total. The minimum Gasteiger partial charge on any atom is -0.356 e. The zero-order valence-corrected chi connectivity index (χ0v) is 15.7. The quantitative estimate of drug-likeness (QED) is 0.592. The third-order valence-corrected chi connectivity index (χ3v) is 5.35. The molecule has 2 rings (SSSR count). The Bertz CT molecular complexity index is 491. The smallest absolute Gasteiger partial charge is 0.191 e. The van der Waals surface area contributed by atoms with Gasteiger partial charge in [-0.15, -0.1) is 11.3 Å². The third-order valence-electron chi connectivity index (χ3n) is 4.38. The largest absolute Gasteiger partial charge is 0.356 e. The highest BCUT2D eigenvalue weighted by molar-refractivity contribution is 7.11. The van der Waals surface area contributed by atoms with E-state index in [0.29, 0.717) is 12.0 Å². The highest BCUT2D eigenvalue weighted by atomic mass is 32.1. The van der Waals surface area contributed by atoms with Crippen LogP contribution in [-0.2, 0) is 6.42 Å². The van der Waals surface area contributed by atoms with Crippen LogP contribution in [0.2, 0.25) is 0 Å². The van der Waals surface area contributed by atoms with E-state index in [1.54, 1.807) is 11.3 Å². The summed E-state index contributed by atoms with van der Waals surface area (Å²) in [5.41, 5.74) is 0. The summed E-state index contributed by atoms with van der Waals surface area (Å²) in [4.78, 5) is 12.6. The predicted octanol–water partition coefficient (Wildman–Crippen LogP) is 2.28. The average molecular weight is 338 g/mol. The first kappa shape index (κ1) is 18.2. The van der Waals surface area contributed by atoms with Crippen LogP contribution < -0.4 is 10.6 Å². The van der Waals surface area contributed by atoms with Gasteiger partial charge in [0.2, 0.25) is 0 Å². The number of aliphatic imine (C=N–C) groups is 1. The third kappa shape index (κ3) is 5.77. The maximum Gasteiger partial charge on any atom is 0.191 e. The van der Waals surface area contributed by atoms with Crippen molar-refractivity contribution < 1.29 is 0 Å². The first-order valence-corrected chi connectivity index (χ1v) is 9.51. The molecule has 6 heteroatoms. The maximum atomic E-state index is 4.40. The summed E-state index contributed by atoms with van der Waals surface area (Å²) in [6, 6.07) is 0.581. The van der Waals surface area contributed by atoms with Gasteiger partial charge in [0.25, 0.3) is 0 Å². The van der Waals surface area contributed by atoms with E-state index in [9.17, 15) is 0 Å². The van der Waals surface area contributed by atoms with Gasteiger partial charge in [-0.2, -0.15) is 0 Å². The summed E-state index contributed by atoms with van der Waals surface area (Å²) < 4.78 is 0. The summed E-state index contributed by atoms with van der Waals surface area (Å²) in [6.45, 7) is 11.0. The Morgan fingerprint density at radius 2 is 2.09 bits per heavy atom. The lowest BCUT2D eigenvalue weighted by Gasteiger charge is -2.31. The molecule has 0 amide bonds.